The Bertz CT molecular complexity index is 1040. The predicted molar refractivity (Wildman–Crippen MR) is 117 cm³/mol. The van der Waals surface area contributed by atoms with Crippen LogP contribution in [0.25, 0.3) is 0 Å². The molecular formula is C22H27N3O9. The number of aromatic nitrogens is 2. The Hall–Kier alpha value is -4.09. The lowest BCUT2D eigenvalue weighted by Gasteiger charge is -2.22. The molecule has 2 aromatic rings. The Kier molecular flexibility index (Phi) is 8.59. The summed E-state index contributed by atoms with van der Waals surface area (Å²) < 4.78 is 16.3. The number of nitrogens with zero attached hydrogens (tertiary/aromatic N) is 2. The highest BCUT2D eigenvalue weighted by Crippen LogP contribution is 2.28. The number of ether oxygens (including phenoxy) is 3. The molecule has 12 heteroatoms. The molecule has 184 valence electrons. The first-order valence-corrected chi connectivity index (χ1v) is 10.3. The van der Waals surface area contributed by atoms with Gasteiger partial charge in [-0.25, -0.2) is 23.9 Å². The van der Waals surface area contributed by atoms with Crippen LogP contribution in [0.4, 0.5) is 4.79 Å². The summed E-state index contributed by atoms with van der Waals surface area (Å²) in [6.07, 6.45) is -0.871. The van der Waals surface area contributed by atoms with Gasteiger partial charge in [0.25, 0.3) is 0 Å². The fraction of sp³-hybridized carbons (Fsp3) is 0.409. The minimum Gasteiger partial charge on any atom is -0.484 e. The van der Waals surface area contributed by atoms with E-state index in [0.717, 1.165) is 0 Å². The summed E-state index contributed by atoms with van der Waals surface area (Å²) in [6, 6.07) is 7.14. The lowest BCUT2D eigenvalue weighted by Crippen LogP contribution is -2.39. The number of alkyl carbamates (subject to hydrolysis) is 1. The van der Waals surface area contributed by atoms with Gasteiger partial charge in [-0.3, -0.25) is 0 Å². The van der Waals surface area contributed by atoms with E-state index in [0.29, 0.717) is 10.2 Å². The van der Waals surface area contributed by atoms with Crippen LogP contribution < -0.4 is 10.1 Å². The molecule has 1 aromatic heterocycles. The zero-order chi connectivity index (χ0) is 25.5. The molecule has 0 fully saturated rings. The Morgan fingerprint density at radius 1 is 1.09 bits per heavy atom. The van der Waals surface area contributed by atoms with Crippen LogP contribution in [0.2, 0.25) is 0 Å². The quantitative estimate of drug-likeness (QED) is 0.433. The maximum absolute atomic E-state index is 12.6. The van der Waals surface area contributed by atoms with Gasteiger partial charge in [0.05, 0.1) is 13.2 Å². The van der Waals surface area contributed by atoms with Crippen LogP contribution in [0.15, 0.2) is 30.3 Å². The number of esters is 1. The molecule has 0 spiro atoms. The molecule has 0 saturated heterocycles. The monoisotopic (exact) mass is 477 g/mol. The number of aromatic carboxylic acids is 2. The second-order valence-corrected chi connectivity index (χ2v) is 8.01. The van der Waals surface area contributed by atoms with Crippen molar-refractivity contribution in [1.82, 2.24) is 15.1 Å². The zero-order valence-corrected chi connectivity index (χ0v) is 19.2. The van der Waals surface area contributed by atoms with Crippen molar-refractivity contribution in [3.05, 3.63) is 47.3 Å². The van der Waals surface area contributed by atoms with Crippen LogP contribution in [0.3, 0.4) is 0 Å². The van der Waals surface area contributed by atoms with E-state index in [1.54, 1.807) is 51.1 Å². The molecule has 12 nitrogen and oxygen atoms in total. The van der Waals surface area contributed by atoms with E-state index in [2.05, 4.69) is 10.4 Å². The standard InChI is InChI=1S/C22H27N3O9/c1-5-32-20(30)14(11-23-21(31)34-22(2,3)4)25-16(19(28)29)17(15(24-25)18(26)27)33-12-13-9-7-6-8-10-13/h6-10,14H,5,11-12H2,1-4H3,(H,23,31)(H,26,27)(H,28,29). The molecule has 34 heavy (non-hydrogen) atoms. The number of carboxylic acids is 2. The molecule has 2 rings (SSSR count). The zero-order valence-electron chi connectivity index (χ0n) is 19.2. The van der Waals surface area contributed by atoms with Gasteiger partial charge in [-0.2, -0.15) is 5.10 Å². The van der Waals surface area contributed by atoms with Crippen molar-refractivity contribution >= 4 is 24.0 Å². The maximum atomic E-state index is 12.6. The van der Waals surface area contributed by atoms with Crippen molar-refractivity contribution in [2.75, 3.05) is 13.2 Å². The first-order valence-electron chi connectivity index (χ1n) is 10.3. The van der Waals surface area contributed by atoms with Gasteiger partial charge in [0.1, 0.15) is 12.2 Å². The Labute approximate surface area is 195 Å². The Balaban J connectivity index is 2.47. The van der Waals surface area contributed by atoms with E-state index < -0.39 is 59.3 Å². The molecule has 1 unspecified atom stereocenters. The summed E-state index contributed by atoms with van der Waals surface area (Å²) >= 11 is 0. The molecular weight excluding hydrogens is 450 g/mol. The van der Waals surface area contributed by atoms with Crippen molar-refractivity contribution in [3.63, 3.8) is 0 Å². The first-order chi connectivity index (χ1) is 15.9. The summed E-state index contributed by atoms with van der Waals surface area (Å²) in [5.74, 6) is -4.62. The van der Waals surface area contributed by atoms with Gasteiger partial charge in [0, 0.05) is 0 Å². The Morgan fingerprint density at radius 2 is 1.74 bits per heavy atom. The maximum Gasteiger partial charge on any atom is 0.407 e. The van der Waals surface area contributed by atoms with Crippen LogP contribution in [0, 0.1) is 0 Å². The normalized spacial score (nSPS) is 11.9. The summed E-state index contributed by atoms with van der Waals surface area (Å²) in [4.78, 5) is 48.6. The summed E-state index contributed by atoms with van der Waals surface area (Å²) in [5.41, 5.74) is -1.56. The van der Waals surface area contributed by atoms with E-state index in [9.17, 15) is 29.4 Å². The minimum absolute atomic E-state index is 0.0470. The summed E-state index contributed by atoms with van der Waals surface area (Å²) in [5, 5.41) is 25.6. The van der Waals surface area contributed by atoms with Crippen molar-refractivity contribution in [3.8, 4) is 5.75 Å². The third-order valence-corrected chi connectivity index (χ3v) is 4.19. The predicted octanol–water partition coefficient (Wildman–Crippen LogP) is 2.49. The van der Waals surface area contributed by atoms with Crippen molar-refractivity contribution in [2.24, 2.45) is 0 Å². The Morgan fingerprint density at radius 3 is 2.26 bits per heavy atom. The SMILES string of the molecule is CCOC(=O)C(CNC(=O)OC(C)(C)C)n1nc(C(=O)O)c(OCc2ccccc2)c1C(=O)O. The lowest BCUT2D eigenvalue weighted by atomic mass is 10.2. The lowest BCUT2D eigenvalue weighted by molar-refractivity contribution is -0.147. The topological polar surface area (TPSA) is 166 Å². The second kappa shape index (κ2) is 11.2. The van der Waals surface area contributed by atoms with Gasteiger partial charge in [0.15, 0.2) is 17.5 Å². The van der Waals surface area contributed by atoms with E-state index in [1.807, 2.05) is 0 Å². The van der Waals surface area contributed by atoms with Crippen LogP contribution in [0.1, 0.15) is 60.3 Å². The number of nitrogens with one attached hydrogen (secondary N) is 1. The fourth-order valence-corrected chi connectivity index (χ4v) is 2.85. The average Bonchev–Trinajstić information content (AvgIpc) is 3.12. The highest BCUT2D eigenvalue weighted by molar-refractivity contribution is 5.97. The van der Waals surface area contributed by atoms with E-state index in [-0.39, 0.29) is 13.2 Å². The summed E-state index contributed by atoms with van der Waals surface area (Å²) in [7, 11) is 0. The molecule has 0 radical (unpaired) electrons. The molecule has 0 saturated carbocycles. The van der Waals surface area contributed by atoms with Crippen LogP contribution in [-0.4, -0.2) is 62.7 Å². The fourth-order valence-electron chi connectivity index (χ4n) is 2.85. The molecule has 1 amide bonds. The van der Waals surface area contributed by atoms with Crippen molar-refractivity contribution in [2.45, 2.75) is 45.9 Å². The number of benzene rings is 1. The molecule has 0 aliphatic heterocycles. The first kappa shape index (κ1) is 26.2. The van der Waals surface area contributed by atoms with Gasteiger partial charge in [-0.15, -0.1) is 0 Å². The van der Waals surface area contributed by atoms with Gasteiger partial charge < -0.3 is 29.7 Å². The molecule has 1 atom stereocenters. The second-order valence-electron chi connectivity index (χ2n) is 8.01. The van der Waals surface area contributed by atoms with Gasteiger partial charge in [0.2, 0.25) is 5.69 Å². The van der Waals surface area contributed by atoms with Crippen molar-refractivity contribution < 1.29 is 43.6 Å². The van der Waals surface area contributed by atoms with E-state index >= 15 is 0 Å². The third kappa shape index (κ3) is 6.95. The number of carboxylic acid groups (broad SMARTS) is 2. The summed E-state index contributed by atoms with van der Waals surface area (Å²) in [6.45, 7) is 5.78. The number of rotatable bonds is 10. The van der Waals surface area contributed by atoms with Gasteiger partial charge in [-0.1, -0.05) is 30.3 Å². The minimum atomic E-state index is -1.59. The smallest absolute Gasteiger partial charge is 0.407 e. The molecule has 0 aliphatic carbocycles. The van der Waals surface area contributed by atoms with Gasteiger partial charge in [-0.05, 0) is 33.3 Å². The average molecular weight is 477 g/mol. The largest absolute Gasteiger partial charge is 0.484 e. The van der Waals surface area contributed by atoms with Crippen LogP contribution in [0.5, 0.6) is 5.75 Å². The van der Waals surface area contributed by atoms with E-state index in [1.165, 1.54) is 6.92 Å². The van der Waals surface area contributed by atoms with Crippen molar-refractivity contribution in [1.29, 1.82) is 0 Å². The van der Waals surface area contributed by atoms with Crippen LogP contribution in [-0.2, 0) is 20.9 Å². The van der Waals surface area contributed by atoms with E-state index in [4.69, 9.17) is 14.2 Å². The highest BCUT2D eigenvalue weighted by atomic mass is 16.6. The van der Waals surface area contributed by atoms with Gasteiger partial charge >= 0.3 is 24.0 Å². The highest BCUT2D eigenvalue weighted by Gasteiger charge is 2.35. The molecule has 0 aliphatic rings. The molecule has 1 aromatic carbocycles. The number of hydrogen-bond acceptors (Lipinski definition) is 8. The third-order valence-electron chi connectivity index (χ3n) is 4.19. The molecule has 3 N–H and O–H groups in total. The molecule has 1 heterocycles. The molecule has 0 bridgehead atoms. The number of carbonyl (C=O) groups excluding carboxylic acids is 2. The number of hydrogen-bond donors (Lipinski definition) is 3. The number of carbonyl (C=O) groups is 4. The number of amides is 1. The van der Waals surface area contributed by atoms with Crippen LogP contribution >= 0.6 is 0 Å².